The van der Waals surface area contributed by atoms with Gasteiger partial charge in [-0.05, 0) is 37.5 Å². The quantitative estimate of drug-likeness (QED) is 0.605. The van der Waals surface area contributed by atoms with Gasteiger partial charge in [0.1, 0.15) is 0 Å². The van der Waals surface area contributed by atoms with Crippen LogP contribution in [0.5, 0.6) is 0 Å². The minimum Gasteiger partial charge on any atom is -0.369 e. The highest BCUT2D eigenvalue weighted by Crippen LogP contribution is 2.36. The average Bonchev–Trinajstić information content (AvgIpc) is 2.49. The van der Waals surface area contributed by atoms with E-state index in [-0.39, 0.29) is 17.6 Å². The Labute approximate surface area is 136 Å². The largest absolute Gasteiger partial charge is 0.417 e. The molecule has 1 aromatic rings. The summed E-state index contributed by atoms with van der Waals surface area (Å²) in [6.45, 7) is 1.56. The van der Waals surface area contributed by atoms with Crippen LogP contribution in [0.2, 0.25) is 5.02 Å². The fraction of sp³-hybridized carbons (Fsp3) is 0.429. The molecule has 1 aliphatic rings. The molecule has 0 spiro atoms. The van der Waals surface area contributed by atoms with Crippen molar-refractivity contribution >= 4 is 29.2 Å². The lowest BCUT2D eigenvalue weighted by atomic mass is 10.1. The summed E-state index contributed by atoms with van der Waals surface area (Å²) in [7, 11) is 0. The summed E-state index contributed by atoms with van der Waals surface area (Å²) in [5, 5.41) is -0.397. The van der Waals surface area contributed by atoms with E-state index in [9.17, 15) is 13.2 Å². The van der Waals surface area contributed by atoms with Gasteiger partial charge in [-0.25, -0.2) is 4.99 Å². The van der Waals surface area contributed by atoms with Crippen molar-refractivity contribution in [1.82, 2.24) is 4.90 Å². The van der Waals surface area contributed by atoms with Gasteiger partial charge in [-0.3, -0.25) is 0 Å². The molecule has 126 valence electrons. The van der Waals surface area contributed by atoms with Crippen molar-refractivity contribution in [2.45, 2.75) is 25.4 Å². The number of nitrogens with two attached hydrogens (primary N) is 2. The summed E-state index contributed by atoms with van der Waals surface area (Å²) in [5.41, 5.74) is 10.5. The monoisotopic (exact) mass is 347 g/mol. The number of hydrogen-bond acceptors (Lipinski definition) is 1. The van der Waals surface area contributed by atoms with Crippen LogP contribution in [-0.4, -0.2) is 29.9 Å². The van der Waals surface area contributed by atoms with Gasteiger partial charge in [-0.1, -0.05) is 11.6 Å². The van der Waals surface area contributed by atoms with Gasteiger partial charge in [0, 0.05) is 13.1 Å². The Hall–Kier alpha value is -1.96. The Morgan fingerprint density at radius 3 is 2.39 bits per heavy atom. The van der Waals surface area contributed by atoms with E-state index >= 15 is 0 Å². The number of nitrogens with zero attached hydrogens (tertiary/aromatic N) is 3. The first kappa shape index (κ1) is 17.4. The van der Waals surface area contributed by atoms with Gasteiger partial charge in [0.25, 0.3) is 0 Å². The molecular formula is C14H17ClF3N5. The second-order valence-electron chi connectivity index (χ2n) is 5.15. The van der Waals surface area contributed by atoms with Crippen LogP contribution in [0.25, 0.3) is 0 Å². The lowest BCUT2D eigenvalue weighted by Gasteiger charge is -2.27. The molecule has 4 N–H and O–H groups in total. The molecule has 1 heterocycles. The van der Waals surface area contributed by atoms with Crippen molar-refractivity contribution in [2.24, 2.45) is 21.5 Å². The lowest BCUT2D eigenvalue weighted by molar-refractivity contribution is -0.137. The fourth-order valence-electron chi connectivity index (χ4n) is 2.27. The number of aliphatic imine (C=N–C) groups is 2. The molecular weight excluding hydrogens is 331 g/mol. The predicted molar refractivity (Wildman–Crippen MR) is 84.8 cm³/mol. The van der Waals surface area contributed by atoms with Crippen molar-refractivity contribution < 1.29 is 13.2 Å². The van der Waals surface area contributed by atoms with Crippen molar-refractivity contribution in [3.8, 4) is 0 Å². The molecule has 2 rings (SSSR count). The molecule has 0 saturated carbocycles. The molecule has 0 radical (unpaired) electrons. The molecule has 9 heteroatoms. The molecule has 0 bridgehead atoms. The van der Waals surface area contributed by atoms with E-state index in [0.717, 1.165) is 44.5 Å². The van der Waals surface area contributed by atoms with Crippen molar-refractivity contribution in [2.75, 3.05) is 13.1 Å². The Bertz CT molecular complexity index is 621. The van der Waals surface area contributed by atoms with Crippen molar-refractivity contribution in [3.63, 3.8) is 0 Å². The highest BCUT2D eigenvalue weighted by molar-refractivity contribution is 6.31. The van der Waals surface area contributed by atoms with Gasteiger partial charge in [0.15, 0.2) is 5.96 Å². The van der Waals surface area contributed by atoms with Crippen LogP contribution in [0, 0.1) is 0 Å². The Balaban J connectivity index is 2.20. The van der Waals surface area contributed by atoms with Crippen LogP contribution >= 0.6 is 11.6 Å². The number of alkyl halides is 3. The lowest BCUT2D eigenvalue weighted by Crippen LogP contribution is -2.41. The van der Waals surface area contributed by atoms with Gasteiger partial charge in [-0.2, -0.15) is 18.2 Å². The Morgan fingerprint density at radius 2 is 1.78 bits per heavy atom. The second kappa shape index (κ2) is 7.08. The summed E-state index contributed by atoms with van der Waals surface area (Å²) in [6.07, 6.45) is -1.40. The molecule has 0 atom stereocenters. The van der Waals surface area contributed by atoms with Gasteiger partial charge in [0.05, 0.1) is 16.3 Å². The fourth-order valence-corrected chi connectivity index (χ4v) is 2.49. The maximum Gasteiger partial charge on any atom is 0.417 e. The van der Waals surface area contributed by atoms with E-state index in [1.54, 1.807) is 0 Å². The predicted octanol–water partition coefficient (Wildman–Crippen LogP) is 3.11. The molecule has 23 heavy (non-hydrogen) atoms. The van der Waals surface area contributed by atoms with Crippen LogP contribution in [0.3, 0.4) is 0 Å². The first-order valence-electron chi connectivity index (χ1n) is 7.07. The number of benzene rings is 1. The molecule has 1 aromatic carbocycles. The summed E-state index contributed by atoms with van der Waals surface area (Å²) in [4.78, 5) is 9.66. The number of guanidine groups is 2. The molecule has 1 fully saturated rings. The summed E-state index contributed by atoms with van der Waals surface area (Å²) in [5.74, 6) is 0.0134. The highest BCUT2D eigenvalue weighted by Gasteiger charge is 2.33. The van der Waals surface area contributed by atoms with Crippen molar-refractivity contribution in [1.29, 1.82) is 0 Å². The van der Waals surface area contributed by atoms with Crippen LogP contribution in [0.4, 0.5) is 18.9 Å². The summed E-state index contributed by atoms with van der Waals surface area (Å²) >= 11 is 5.55. The Kier molecular flexibility index (Phi) is 5.35. The third-order valence-corrected chi connectivity index (χ3v) is 3.74. The minimum absolute atomic E-state index is 0.00872. The third kappa shape index (κ3) is 4.75. The first-order valence-corrected chi connectivity index (χ1v) is 7.45. The van der Waals surface area contributed by atoms with E-state index in [0.29, 0.717) is 0 Å². The summed E-state index contributed by atoms with van der Waals surface area (Å²) in [6, 6.07) is 3.27. The Morgan fingerprint density at radius 1 is 1.13 bits per heavy atom. The SMILES string of the molecule is NC(=Nc1ccc(Cl)c(C(F)(F)F)c1)N=C(N)N1CCCCC1. The van der Waals surface area contributed by atoms with Crippen LogP contribution < -0.4 is 11.5 Å². The molecule has 0 aliphatic carbocycles. The second-order valence-corrected chi connectivity index (χ2v) is 5.56. The zero-order valence-electron chi connectivity index (χ0n) is 12.3. The first-order chi connectivity index (χ1) is 10.8. The van der Waals surface area contributed by atoms with E-state index in [2.05, 4.69) is 9.98 Å². The smallest absolute Gasteiger partial charge is 0.369 e. The standard InChI is InChI=1S/C14H17ClF3N5/c15-11-5-4-9(8-10(11)14(16,17)18)21-12(19)22-13(20)23-6-2-1-3-7-23/h4-5,8H,1-3,6-7H2,(H4,19,20,21,22). The average molecular weight is 348 g/mol. The van der Waals surface area contributed by atoms with Crippen LogP contribution in [0.15, 0.2) is 28.2 Å². The number of halogens is 4. The van der Waals surface area contributed by atoms with Gasteiger partial charge in [0.2, 0.25) is 5.96 Å². The van der Waals surface area contributed by atoms with E-state index in [1.165, 1.54) is 6.07 Å². The van der Waals surface area contributed by atoms with Gasteiger partial charge >= 0.3 is 6.18 Å². The zero-order chi connectivity index (χ0) is 17.0. The van der Waals surface area contributed by atoms with E-state index < -0.39 is 16.8 Å². The maximum absolute atomic E-state index is 12.8. The number of hydrogen-bond donors (Lipinski definition) is 2. The van der Waals surface area contributed by atoms with Gasteiger partial charge in [-0.15, -0.1) is 0 Å². The minimum atomic E-state index is -4.56. The summed E-state index contributed by atoms with van der Waals surface area (Å²) < 4.78 is 38.4. The molecule has 0 unspecified atom stereocenters. The number of piperidine rings is 1. The highest BCUT2D eigenvalue weighted by atomic mass is 35.5. The normalized spacial score (nSPS) is 17.5. The third-order valence-electron chi connectivity index (χ3n) is 3.41. The van der Waals surface area contributed by atoms with Crippen LogP contribution in [-0.2, 0) is 6.18 Å². The van der Waals surface area contributed by atoms with Crippen LogP contribution in [0.1, 0.15) is 24.8 Å². The molecule has 1 aliphatic heterocycles. The molecule has 0 aromatic heterocycles. The maximum atomic E-state index is 12.8. The molecule has 1 saturated heterocycles. The number of likely N-dealkylation sites (tertiary alicyclic amines) is 1. The topological polar surface area (TPSA) is 80.0 Å². The zero-order valence-corrected chi connectivity index (χ0v) is 13.0. The number of rotatable bonds is 1. The van der Waals surface area contributed by atoms with E-state index in [1.807, 2.05) is 4.90 Å². The van der Waals surface area contributed by atoms with Gasteiger partial charge < -0.3 is 16.4 Å². The molecule has 0 amide bonds. The van der Waals surface area contributed by atoms with Crippen molar-refractivity contribution in [3.05, 3.63) is 28.8 Å². The van der Waals surface area contributed by atoms with E-state index in [4.69, 9.17) is 23.1 Å². The molecule has 5 nitrogen and oxygen atoms in total.